The lowest BCUT2D eigenvalue weighted by atomic mass is 10.3. The van der Waals surface area contributed by atoms with Crippen LogP contribution in [0.4, 0.5) is 0 Å². The number of thiazole rings is 1. The van der Waals surface area contributed by atoms with Crippen molar-refractivity contribution >= 4 is 34.4 Å². The van der Waals surface area contributed by atoms with Crippen molar-refractivity contribution in [2.75, 3.05) is 0 Å². The Kier molecular flexibility index (Phi) is 4.46. The lowest BCUT2D eigenvalue weighted by Gasteiger charge is -2.07. The average Bonchev–Trinajstić information content (AvgIpc) is 3.29. The summed E-state index contributed by atoms with van der Waals surface area (Å²) in [6.45, 7) is 2.05. The van der Waals surface area contributed by atoms with Gasteiger partial charge in [0.15, 0.2) is 0 Å². The number of aromatic nitrogens is 3. The van der Waals surface area contributed by atoms with Crippen molar-refractivity contribution < 1.29 is 0 Å². The molecule has 3 nitrogen and oxygen atoms in total. The van der Waals surface area contributed by atoms with E-state index in [0.717, 1.165) is 31.5 Å². The predicted octanol–water partition coefficient (Wildman–Crippen LogP) is 5.67. The van der Waals surface area contributed by atoms with Gasteiger partial charge in [0.05, 0.1) is 15.4 Å². The molecule has 0 N–H and O–H groups in total. The summed E-state index contributed by atoms with van der Waals surface area (Å²) < 4.78 is 0. The molecule has 0 atom stereocenters. The van der Waals surface area contributed by atoms with Gasteiger partial charge in [-0.3, -0.25) is 0 Å². The van der Waals surface area contributed by atoms with Crippen LogP contribution in [0.25, 0.3) is 20.5 Å². The van der Waals surface area contributed by atoms with Gasteiger partial charge in [-0.25, -0.2) is 4.98 Å². The number of rotatable bonds is 4. The molecule has 4 rings (SSSR count). The molecule has 118 valence electrons. The maximum atomic E-state index is 4.69. The number of thiophene rings is 1. The molecule has 1 saturated carbocycles. The highest BCUT2D eigenvalue weighted by Crippen LogP contribution is 2.37. The maximum Gasteiger partial charge on any atom is 0.134 e. The summed E-state index contributed by atoms with van der Waals surface area (Å²) in [5.41, 5.74) is 1.96. The highest BCUT2D eigenvalue weighted by molar-refractivity contribution is 7.99. The lowest BCUT2D eigenvalue weighted by molar-refractivity contribution is 0.884. The molecule has 1 fully saturated rings. The minimum absolute atomic E-state index is 0.728. The zero-order chi connectivity index (χ0) is 15.6. The van der Waals surface area contributed by atoms with Crippen LogP contribution in [0.3, 0.4) is 0 Å². The molecule has 3 aromatic heterocycles. The molecule has 3 aromatic rings. The number of nitrogens with zero attached hydrogens (tertiary/aromatic N) is 3. The van der Waals surface area contributed by atoms with Gasteiger partial charge in [0.25, 0.3) is 0 Å². The van der Waals surface area contributed by atoms with Crippen LogP contribution in [0.15, 0.2) is 34.7 Å². The number of hydrogen-bond acceptors (Lipinski definition) is 6. The number of hydrogen-bond donors (Lipinski definition) is 0. The van der Waals surface area contributed by atoms with E-state index >= 15 is 0 Å². The van der Waals surface area contributed by atoms with Gasteiger partial charge in [0, 0.05) is 5.25 Å². The third-order valence-corrected chi connectivity index (χ3v) is 7.47. The molecule has 0 bridgehead atoms. The van der Waals surface area contributed by atoms with Gasteiger partial charge in [0.1, 0.15) is 15.7 Å². The first-order valence-electron chi connectivity index (χ1n) is 7.81. The van der Waals surface area contributed by atoms with Crippen molar-refractivity contribution in [1.82, 2.24) is 15.2 Å². The van der Waals surface area contributed by atoms with E-state index in [2.05, 4.69) is 39.8 Å². The molecular weight excluding hydrogens is 342 g/mol. The van der Waals surface area contributed by atoms with E-state index < -0.39 is 0 Å². The van der Waals surface area contributed by atoms with Crippen LogP contribution in [-0.4, -0.2) is 20.4 Å². The van der Waals surface area contributed by atoms with Gasteiger partial charge in [-0.2, -0.15) is 0 Å². The zero-order valence-corrected chi connectivity index (χ0v) is 15.3. The Morgan fingerprint density at radius 2 is 2.00 bits per heavy atom. The smallest absolute Gasteiger partial charge is 0.134 e. The van der Waals surface area contributed by atoms with Crippen molar-refractivity contribution in [3.63, 3.8) is 0 Å². The third-order valence-electron chi connectivity index (χ3n) is 3.99. The second-order valence-corrected chi connectivity index (χ2v) is 8.96. The number of thioether (sulfide) groups is 1. The van der Waals surface area contributed by atoms with Crippen LogP contribution in [0.1, 0.15) is 31.4 Å². The van der Waals surface area contributed by atoms with Crippen molar-refractivity contribution in [1.29, 1.82) is 0 Å². The standard InChI is InChI=1S/C17H17N3S3/c1-11-16(23-17(18-11)14-7-4-10-21-14)13-8-9-15(20-19-13)22-12-5-2-3-6-12/h4,7-10,12H,2-3,5-6H2,1H3. The zero-order valence-electron chi connectivity index (χ0n) is 12.9. The van der Waals surface area contributed by atoms with E-state index in [0.29, 0.717) is 0 Å². The topological polar surface area (TPSA) is 38.7 Å². The van der Waals surface area contributed by atoms with E-state index in [1.165, 1.54) is 30.6 Å². The van der Waals surface area contributed by atoms with Gasteiger partial charge in [-0.1, -0.05) is 18.9 Å². The SMILES string of the molecule is Cc1nc(-c2cccs2)sc1-c1ccc(SC2CCCC2)nn1. The quantitative estimate of drug-likeness (QED) is 0.601. The molecule has 0 spiro atoms. The van der Waals surface area contributed by atoms with Crippen LogP contribution in [-0.2, 0) is 0 Å². The predicted molar refractivity (Wildman–Crippen MR) is 99.3 cm³/mol. The first kappa shape index (κ1) is 15.3. The fourth-order valence-electron chi connectivity index (χ4n) is 2.82. The molecule has 1 aliphatic carbocycles. The Labute approximate surface area is 148 Å². The highest BCUT2D eigenvalue weighted by atomic mass is 32.2. The molecule has 1 aliphatic rings. The first-order chi connectivity index (χ1) is 11.3. The molecule has 0 saturated heterocycles. The normalized spacial score (nSPS) is 15.3. The Hall–Kier alpha value is -1.24. The second-order valence-electron chi connectivity index (χ2n) is 5.69. The van der Waals surface area contributed by atoms with Crippen molar-refractivity contribution in [3.05, 3.63) is 35.3 Å². The minimum atomic E-state index is 0.728. The van der Waals surface area contributed by atoms with Crippen LogP contribution >= 0.6 is 34.4 Å². The van der Waals surface area contributed by atoms with Crippen LogP contribution in [0.2, 0.25) is 0 Å². The minimum Gasteiger partial charge on any atom is -0.240 e. The fourth-order valence-corrected chi connectivity index (χ4v) is 5.79. The van der Waals surface area contributed by atoms with Crippen LogP contribution in [0.5, 0.6) is 0 Å². The maximum absolute atomic E-state index is 4.69. The molecule has 0 radical (unpaired) electrons. The molecule has 0 aliphatic heterocycles. The van der Waals surface area contributed by atoms with Crippen LogP contribution < -0.4 is 0 Å². The third kappa shape index (κ3) is 3.34. The summed E-state index contributed by atoms with van der Waals surface area (Å²) in [5.74, 6) is 0. The Morgan fingerprint density at radius 1 is 1.13 bits per heavy atom. The number of aryl methyl sites for hydroxylation is 1. The molecular formula is C17H17N3S3. The second kappa shape index (κ2) is 6.71. The molecule has 0 amide bonds. The van der Waals surface area contributed by atoms with Crippen molar-refractivity contribution in [2.45, 2.75) is 42.9 Å². The van der Waals surface area contributed by atoms with Crippen LogP contribution in [0, 0.1) is 6.92 Å². The van der Waals surface area contributed by atoms with Crippen molar-refractivity contribution in [2.24, 2.45) is 0 Å². The Bertz CT molecular complexity index is 772. The fraction of sp³-hybridized carbons (Fsp3) is 0.353. The first-order valence-corrected chi connectivity index (χ1v) is 10.4. The molecule has 6 heteroatoms. The lowest BCUT2D eigenvalue weighted by Crippen LogP contribution is -1.96. The summed E-state index contributed by atoms with van der Waals surface area (Å²) in [7, 11) is 0. The van der Waals surface area contributed by atoms with E-state index in [-0.39, 0.29) is 0 Å². The van der Waals surface area contributed by atoms with Crippen molar-refractivity contribution in [3.8, 4) is 20.5 Å². The molecule has 3 heterocycles. The highest BCUT2D eigenvalue weighted by Gasteiger charge is 2.18. The Balaban J connectivity index is 1.56. The van der Waals surface area contributed by atoms with E-state index in [1.54, 1.807) is 22.7 Å². The molecule has 0 unspecified atom stereocenters. The van der Waals surface area contributed by atoms with Gasteiger partial charge in [0.2, 0.25) is 0 Å². The van der Waals surface area contributed by atoms with E-state index in [1.807, 2.05) is 18.7 Å². The van der Waals surface area contributed by atoms with Gasteiger partial charge < -0.3 is 0 Å². The summed E-state index contributed by atoms with van der Waals surface area (Å²) in [6, 6.07) is 8.36. The molecule has 23 heavy (non-hydrogen) atoms. The van der Waals surface area contributed by atoms with E-state index in [4.69, 9.17) is 4.98 Å². The van der Waals surface area contributed by atoms with Gasteiger partial charge in [-0.05, 0) is 43.3 Å². The largest absolute Gasteiger partial charge is 0.240 e. The van der Waals surface area contributed by atoms with Gasteiger partial charge in [-0.15, -0.1) is 44.6 Å². The summed E-state index contributed by atoms with van der Waals surface area (Å²) in [6.07, 6.45) is 5.34. The van der Waals surface area contributed by atoms with E-state index in [9.17, 15) is 0 Å². The Morgan fingerprint density at radius 3 is 2.70 bits per heavy atom. The monoisotopic (exact) mass is 359 g/mol. The summed E-state index contributed by atoms with van der Waals surface area (Å²) in [5, 5.41) is 13.8. The average molecular weight is 360 g/mol. The van der Waals surface area contributed by atoms with Gasteiger partial charge >= 0.3 is 0 Å². The summed E-state index contributed by atoms with van der Waals surface area (Å²) >= 11 is 5.30. The molecule has 0 aromatic carbocycles. The summed E-state index contributed by atoms with van der Waals surface area (Å²) in [4.78, 5) is 7.03.